The van der Waals surface area contributed by atoms with Crippen LogP contribution in [0.5, 0.6) is 0 Å². The van der Waals surface area contributed by atoms with Crippen molar-refractivity contribution in [2.45, 2.75) is 0 Å². The highest BCUT2D eigenvalue weighted by atomic mass is 16.3. The highest BCUT2D eigenvalue weighted by Gasteiger charge is 2.29. The summed E-state index contributed by atoms with van der Waals surface area (Å²) >= 11 is 0. The number of hydrogen-bond acceptors (Lipinski definition) is 6. The minimum atomic E-state index is 0.345. The van der Waals surface area contributed by atoms with Crippen molar-refractivity contribution < 1.29 is 8.83 Å². The molecule has 334 valence electrons. The fourth-order valence-electron chi connectivity index (χ4n) is 11.1. The van der Waals surface area contributed by atoms with Gasteiger partial charge in [-0.2, -0.15) is 5.26 Å². The van der Waals surface area contributed by atoms with E-state index < -0.39 is 0 Å². The average Bonchev–Trinajstić information content (AvgIpc) is 4.21. The molecule has 0 aliphatic heterocycles. The predicted molar refractivity (Wildman–Crippen MR) is 290 cm³/mol. The van der Waals surface area contributed by atoms with Gasteiger partial charge in [-0.1, -0.05) is 158 Å². The van der Waals surface area contributed by atoms with Crippen LogP contribution in [0.2, 0.25) is 0 Å². The Morgan fingerprint density at radius 1 is 0.389 bits per heavy atom. The van der Waals surface area contributed by atoms with Crippen molar-refractivity contribution in [1.29, 1.82) is 5.26 Å². The molecular weight excluding hydrogens is 885 g/mol. The molecule has 0 bridgehead atoms. The van der Waals surface area contributed by atoms with Crippen molar-refractivity contribution in [2.24, 2.45) is 0 Å². The molecule has 0 aliphatic carbocycles. The molecule has 5 heterocycles. The Balaban J connectivity index is 1.10. The maximum atomic E-state index is 11.5. The third kappa shape index (κ3) is 5.82. The lowest BCUT2D eigenvalue weighted by Gasteiger charge is -2.16. The summed E-state index contributed by atoms with van der Waals surface area (Å²) in [5, 5.41) is 19.7. The Morgan fingerprint density at radius 3 is 1.64 bits per heavy atom. The first kappa shape index (κ1) is 39.9. The number of fused-ring (bicyclic) bond motifs is 13. The molecule has 0 aliphatic rings. The zero-order chi connectivity index (χ0) is 47.4. The average molecular weight is 921 g/mol. The second-order valence-electron chi connectivity index (χ2n) is 18.2. The molecule has 8 nitrogen and oxygen atoms in total. The van der Waals surface area contributed by atoms with Gasteiger partial charge in [0.15, 0.2) is 17.5 Å². The first-order valence-electron chi connectivity index (χ1n) is 23.9. The van der Waals surface area contributed by atoms with Crippen molar-refractivity contribution in [2.75, 3.05) is 0 Å². The van der Waals surface area contributed by atoms with E-state index in [0.717, 1.165) is 110 Å². The fourth-order valence-corrected chi connectivity index (χ4v) is 11.1. The van der Waals surface area contributed by atoms with Crippen molar-refractivity contribution in [3.8, 4) is 62.7 Å². The van der Waals surface area contributed by atoms with E-state index in [4.69, 9.17) is 23.8 Å². The Kier molecular flexibility index (Phi) is 8.55. The topological polar surface area (TPSA) is 98.6 Å². The molecule has 0 N–H and O–H groups in total. The summed E-state index contributed by atoms with van der Waals surface area (Å²) < 4.78 is 18.1. The SMILES string of the molecule is N#Cc1cc(-n2c3ccccc3c3cc(-c4ccc5oc6ccccc6c5c4)c4c(c5ccccc5n4-c4ccccc4)c32)c2c(oc3ccccc32)c1-c1nc(-c2ccccc2)nc(-c2ccccc2)n1. The minimum absolute atomic E-state index is 0.345. The Morgan fingerprint density at radius 2 is 0.944 bits per heavy atom. The summed E-state index contributed by atoms with van der Waals surface area (Å²) in [6.45, 7) is 0. The molecule has 0 spiro atoms. The van der Waals surface area contributed by atoms with Gasteiger partial charge in [0, 0.05) is 60.1 Å². The number of nitrogens with zero attached hydrogens (tertiary/aromatic N) is 6. The second kappa shape index (κ2) is 15.5. The lowest BCUT2D eigenvalue weighted by Crippen LogP contribution is -2.03. The quantitative estimate of drug-likeness (QED) is 0.165. The van der Waals surface area contributed by atoms with Crippen LogP contribution in [0.4, 0.5) is 0 Å². The molecule has 10 aromatic carbocycles. The number of hydrogen-bond donors (Lipinski definition) is 0. The second-order valence-corrected chi connectivity index (χ2v) is 18.2. The number of benzene rings is 10. The zero-order valence-electron chi connectivity index (χ0n) is 38.3. The van der Waals surface area contributed by atoms with E-state index >= 15 is 0 Å². The van der Waals surface area contributed by atoms with E-state index in [9.17, 15) is 5.26 Å². The molecule has 8 heteroatoms. The van der Waals surface area contributed by atoms with Gasteiger partial charge in [0.25, 0.3) is 0 Å². The summed E-state index contributed by atoms with van der Waals surface area (Å²) in [4.78, 5) is 15.3. The van der Waals surface area contributed by atoms with Gasteiger partial charge in [0.1, 0.15) is 28.4 Å². The number of para-hydroxylation sites is 5. The first-order valence-corrected chi connectivity index (χ1v) is 23.9. The monoisotopic (exact) mass is 920 g/mol. The zero-order valence-corrected chi connectivity index (χ0v) is 38.3. The van der Waals surface area contributed by atoms with Gasteiger partial charge in [0.2, 0.25) is 0 Å². The molecule has 0 atom stereocenters. The highest BCUT2D eigenvalue weighted by Crippen LogP contribution is 2.49. The van der Waals surface area contributed by atoms with Gasteiger partial charge in [-0.3, -0.25) is 0 Å². The van der Waals surface area contributed by atoms with Crippen LogP contribution in [0, 0.1) is 11.3 Å². The molecule has 0 radical (unpaired) electrons. The van der Waals surface area contributed by atoms with Crippen LogP contribution in [0.3, 0.4) is 0 Å². The molecule has 0 saturated heterocycles. The molecule has 0 saturated carbocycles. The highest BCUT2D eigenvalue weighted by molar-refractivity contribution is 6.30. The van der Waals surface area contributed by atoms with E-state index in [0.29, 0.717) is 39.8 Å². The van der Waals surface area contributed by atoms with Crippen LogP contribution in [0.15, 0.2) is 227 Å². The van der Waals surface area contributed by atoms with Gasteiger partial charge in [-0.05, 0) is 66.2 Å². The summed E-state index contributed by atoms with van der Waals surface area (Å²) in [5.41, 5.74) is 13.6. The van der Waals surface area contributed by atoms with Gasteiger partial charge >= 0.3 is 0 Å². The summed E-state index contributed by atoms with van der Waals surface area (Å²) in [6, 6.07) is 77.5. The predicted octanol–water partition coefficient (Wildman–Crippen LogP) is 16.4. The molecule has 5 aromatic heterocycles. The summed E-state index contributed by atoms with van der Waals surface area (Å²) in [7, 11) is 0. The fraction of sp³-hybridized carbons (Fsp3) is 0. The smallest absolute Gasteiger partial charge is 0.169 e. The lowest BCUT2D eigenvalue weighted by atomic mass is 9.96. The van der Waals surface area contributed by atoms with Crippen LogP contribution in [-0.4, -0.2) is 24.1 Å². The largest absolute Gasteiger partial charge is 0.456 e. The molecular formula is C64H36N6O2. The van der Waals surface area contributed by atoms with E-state index in [2.05, 4.69) is 137 Å². The van der Waals surface area contributed by atoms with Gasteiger partial charge in [-0.15, -0.1) is 0 Å². The van der Waals surface area contributed by atoms with Crippen molar-refractivity contribution >= 4 is 87.5 Å². The van der Waals surface area contributed by atoms with Gasteiger partial charge < -0.3 is 18.0 Å². The minimum Gasteiger partial charge on any atom is -0.456 e. The number of rotatable bonds is 6. The van der Waals surface area contributed by atoms with Crippen molar-refractivity contribution in [1.82, 2.24) is 24.1 Å². The van der Waals surface area contributed by atoms with E-state index in [1.165, 1.54) is 0 Å². The molecule has 0 amide bonds. The van der Waals surface area contributed by atoms with Gasteiger partial charge in [-0.25, -0.2) is 15.0 Å². The molecule has 15 aromatic rings. The Labute approximate surface area is 410 Å². The molecule has 0 fully saturated rings. The molecule has 72 heavy (non-hydrogen) atoms. The summed E-state index contributed by atoms with van der Waals surface area (Å²) in [5.74, 6) is 1.33. The van der Waals surface area contributed by atoms with Crippen LogP contribution in [0.25, 0.3) is 144 Å². The Bertz CT molecular complexity index is 4690. The number of furan rings is 2. The van der Waals surface area contributed by atoms with Crippen LogP contribution < -0.4 is 0 Å². The number of aromatic nitrogens is 5. The third-order valence-electron chi connectivity index (χ3n) is 14.2. The maximum Gasteiger partial charge on any atom is 0.169 e. The standard InChI is InChI=1S/C64H36N6O2/c65-37-41-35-52(57-46-27-13-17-31-54(46)72-61(57)56(41)64-67-62(38-18-4-1-5-19-38)66-63(68-64)39-20-6-2-7-21-39)70-50-28-14-10-24-43(50)49-36-47(40-32-33-55-48(34-40)44-25-12-16-30-53(44)71-55)59-58(60(49)70)45-26-11-15-29-51(45)69(59)42-22-8-3-9-23-42/h1-36H. The van der Waals surface area contributed by atoms with Crippen LogP contribution >= 0.6 is 0 Å². The van der Waals surface area contributed by atoms with Gasteiger partial charge in [0.05, 0.1) is 44.3 Å². The van der Waals surface area contributed by atoms with E-state index in [1.54, 1.807) is 0 Å². The van der Waals surface area contributed by atoms with E-state index in [-0.39, 0.29) is 0 Å². The first-order chi connectivity index (χ1) is 35.7. The molecule has 15 rings (SSSR count). The third-order valence-corrected chi connectivity index (χ3v) is 14.2. The van der Waals surface area contributed by atoms with Crippen molar-refractivity contribution in [3.05, 3.63) is 224 Å². The maximum absolute atomic E-state index is 11.5. The molecule has 0 unspecified atom stereocenters. The van der Waals surface area contributed by atoms with Crippen LogP contribution in [-0.2, 0) is 0 Å². The number of nitriles is 1. The Hall–Kier alpha value is -10.1. The van der Waals surface area contributed by atoms with Crippen LogP contribution in [0.1, 0.15) is 5.56 Å². The van der Waals surface area contributed by atoms with E-state index in [1.807, 2.05) is 97.1 Å². The van der Waals surface area contributed by atoms with Crippen molar-refractivity contribution in [3.63, 3.8) is 0 Å². The summed E-state index contributed by atoms with van der Waals surface area (Å²) in [6.07, 6.45) is 0. The normalized spacial score (nSPS) is 11.9. The lowest BCUT2D eigenvalue weighted by molar-refractivity contribution is 0.668.